The van der Waals surface area contributed by atoms with Crippen molar-refractivity contribution in [3.63, 3.8) is 0 Å². The molecule has 2 heterocycles. The largest absolute Gasteiger partial charge is 0.482 e. The second kappa shape index (κ2) is 8.50. The molecule has 3 rings (SSSR count). The summed E-state index contributed by atoms with van der Waals surface area (Å²) in [6.07, 6.45) is 0.753. The molecule has 3 unspecified atom stereocenters. The van der Waals surface area contributed by atoms with Gasteiger partial charge in [-0.3, -0.25) is 14.4 Å². The lowest BCUT2D eigenvalue weighted by Gasteiger charge is -2.34. The number of ether oxygens (including phenoxy) is 2. The highest BCUT2D eigenvalue weighted by Crippen LogP contribution is 2.34. The average molecular weight is 390 g/mol. The average Bonchev–Trinajstić information content (AvgIpc) is 2.90. The second-order valence-electron chi connectivity index (χ2n) is 7.26. The summed E-state index contributed by atoms with van der Waals surface area (Å²) in [7, 11) is 0. The Morgan fingerprint density at radius 1 is 1.14 bits per heavy atom. The first kappa shape index (κ1) is 20.0. The molecule has 1 aromatic rings. The number of rotatable bonds is 4. The summed E-state index contributed by atoms with van der Waals surface area (Å²) >= 11 is 0. The minimum Gasteiger partial charge on any atom is -0.482 e. The van der Waals surface area contributed by atoms with E-state index in [9.17, 15) is 14.4 Å². The van der Waals surface area contributed by atoms with Crippen molar-refractivity contribution in [2.45, 2.75) is 51.4 Å². The van der Waals surface area contributed by atoms with Crippen molar-refractivity contribution in [3.05, 3.63) is 24.3 Å². The fourth-order valence-corrected chi connectivity index (χ4v) is 3.82. The summed E-state index contributed by atoms with van der Waals surface area (Å²) in [5, 5.41) is 9.06. The van der Waals surface area contributed by atoms with Crippen molar-refractivity contribution >= 4 is 17.8 Å². The second-order valence-corrected chi connectivity index (χ2v) is 7.26. The molecule has 0 aromatic heterocycles. The van der Waals surface area contributed by atoms with Gasteiger partial charge in [-0.25, -0.2) is 0 Å². The van der Waals surface area contributed by atoms with Crippen LogP contribution < -0.4 is 9.47 Å². The number of amides is 2. The molecule has 2 aliphatic heterocycles. The van der Waals surface area contributed by atoms with Gasteiger partial charge in [0.2, 0.25) is 12.0 Å². The molecule has 152 valence electrons. The van der Waals surface area contributed by atoms with E-state index < -0.39 is 18.2 Å². The summed E-state index contributed by atoms with van der Waals surface area (Å²) in [6, 6.07) is 7.07. The van der Waals surface area contributed by atoms with Gasteiger partial charge in [-0.1, -0.05) is 12.1 Å². The van der Waals surface area contributed by atoms with Crippen LogP contribution in [-0.2, 0) is 14.4 Å². The number of fused-ring (bicyclic) bond motifs is 1. The van der Waals surface area contributed by atoms with Crippen LogP contribution >= 0.6 is 0 Å². The third-order valence-electron chi connectivity index (χ3n) is 5.25. The van der Waals surface area contributed by atoms with Crippen LogP contribution in [0.15, 0.2) is 24.3 Å². The summed E-state index contributed by atoms with van der Waals surface area (Å²) in [5.74, 6) is -0.263. The van der Waals surface area contributed by atoms with E-state index in [-0.39, 0.29) is 24.4 Å². The Bertz CT molecular complexity index is 752. The number of carboxylic acids is 1. The smallest absolute Gasteiger partial charge is 0.323 e. The van der Waals surface area contributed by atoms with Gasteiger partial charge in [-0.15, -0.1) is 0 Å². The highest BCUT2D eigenvalue weighted by Gasteiger charge is 2.38. The fraction of sp³-hybridized carbons (Fsp3) is 0.550. The van der Waals surface area contributed by atoms with E-state index in [1.165, 1.54) is 11.8 Å². The van der Waals surface area contributed by atoms with Crippen LogP contribution in [0.25, 0.3) is 0 Å². The quantitative estimate of drug-likeness (QED) is 0.838. The molecular formula is C20H26N2O6. The fourth-order valence-electron chi connectivity index (χ4n) is 3.82. The van der Waals surface area contributed by atoms with Gasteiger partial charge in [0.15, 0.2) is 11.5 Å². The minimum absolute atomic E-state index is 0.143. The van der Waals surface area contributed by atoms with Gasteiger partial charge in [0.1, 0.15) is 12.6 Å². The van der Waals surface area contributed by atoms with Crippen molar-refractivity contribution in [3.8, 4) is 11.5 Å². The number of aliphatic carboxylic acids is 1. The van der Waals surface area contributed by atoms with Gasteiger partial charge in [0.25, 0.3) is 5.91 Å². The van der Waals surface area contributed by atoms with Crippen LogP contribution in [0.2, 0.25) is 0 Å². The van der Waals surface area contributed by atoms with E-state index in [0.29, 0.717) is 43.9 Å². The number of hydrogen-bond acceptors (Lipinski definition) is 5. The number of likely N-dealkylation sites (tertiary alicyclic amines) is 1. The van der Waals surface area contributed by atoms with E-state index in [2.05, 4.69) is 0 Å². The van der Waals surface area contributed by atoms with Crippen LogP contribution in [0, 0.1) is 0 Å². The zero-order valence-corrected chi connectivity index (χ0v) is 16.2. The monoisotopic (exact) mass is 390 g/mol. The van der Waals surface area contributed by atoms with Gasteiger partial charge in [0.05, 0.1) is 0 Å². The summed E-state index contributed by atoms with van der Waals surface area (Å²) < 4.78 is 11.7. The molecule has 1 N–H and O–H groups in total. The van der Waals surface area contributed by atoms with Crippen LogP contribution in [0.3, 0.4) is 0 Å². The molecule has 2 aliphatic rings. The number of carboxylic acid groups (broad SMARTS) is 1. The van der Waals surface area contributed by atoms with Crippen molar-refractivity contribution in [2.24, 2.45) is 0 Å². The molecule has 1 aromatic carbocycles. The lowest BCUT2D eigenvalue weighted by molar-refractivity contribution is -0.146. The van der Waals surface area contributed by atoms with Crippen molar-refractivity contribution < 1.29 is 29.0 Å². The number of hydrogen-bond donors (Lipinski definition) is 1. The van der Waals surface area contributed by atoms with Gasteiger partial charge in [-0.05, 0) is 38.3 Å². The molecule has 0 bridgehead atoms. The third kappa shape index (κ3) is 4.37. The number of para-hydroxylation sites is 2. The molecule has 28 heavy (non-hydrogen) atoms. The molecule has 0 aliphatic carbocycles. The van der Waals surface area contributed by atoms with E-state index in [4.69, 9.17) is 14.6 Å². The predicted octanol–water partition coefficient (Wildman–Crippen LogP) is 1.53. The predicted molar refractivity (Wildman–Crippen MR) is 100 cm³/mol. The normalized spacial score (nSPS) is 24.2. The Hall–Kier alpha value is -2.77. The maximum Gasteiger partial charge on any atom is 0.323 e. The van der Waals surface area contributed by atoms with Crippen LogP contribution in [-0.4, -0.2) is 70.6 Å². The van der Waals surface area contributed by atoms with E-state index in [1.807, 2.05) is 25.1 Å². The first-order valence-corrected chi connectivity index (χ1v) is 9.57. The molecule has 8 heteroatoms. The first-order chi connectivity index (χ1) is 13.4. The first-order valence-electron chi connectivity index (χ1n) is 9.57. The summed E-state index contributed by atoms with van der Waals surface area (Å²) in [5.41, 5.74) is 0. The molecule has 2 amide bonds. The van der Waals surface area contributed by atoms with Crippen molar-refractivity contribution in [2.75, 3.05) is 19.6 Å². The summed E-state index contributed by atoms with van der Waals surface area (Å²) in [6.45, 7) is 3.86. The lowest BCUT2D eigenvalue weighted by Crippen LogP contribution is -2.51. The standard InChI is InChI=1S/C20H26N2O6/c1-13-19(28-17-8-4-3-7-16(17)27-13)20(26)21-10-5-6-15(9-11-21)22(14(2)23)12-18(24)25/h3-4,7-8,13,15,19H,5-6,9-12H2,1-2H3,(H,24,25). The maximum atomic E-state index is 13.1. The molecule has 0 radical (unpaired) electrons. The SMILES string of the molecule is CC(=O)N(CC(=O)O)C1CCCN(C(=O)C2Oc3ccccc3OC2C)CC1. The maximum absolute atomic E-state index is 13.1. The number of carbonyl (C=O) groups is 3. The van der Waals surface area contributed by atoms with Crippen LogP contribution in [0.4, 0.5) is 0 Å². The Kier molecular flexibility index (Phi) is 6.06. The van der Waals surface area contributed by atoms with E-state index in [0.717, 1.165) is 0 Å². The molecule has 8 nitrogen and oxygen atoms in total. The molecule has 1 fully saturated rings. The Morgan fingerprint density at radius 2 is 1.82 bits per heavy atom. The van der Waals surface area contributed by atoms with E-state index in [1.54, 1.807) is 11.0 Å². The molecule has 3 atom stereocenters. The Labute approximate surface area is 164 Å². The van der Waals surface area contributed by atoms with Crippen LogP contribution in [0.5, 0.6) is 11.5 Å². The molecular weight excluding hydrogens is 364 g/mol. The minimum atomic E-state index is -1.03. The van der Waals surface area contributed by atoms with Gasteiger partial charge in [0, 0.05) is 26.1 Å². The highest BCUT2D eigenvalue weighted by atomic mass is 16.6. The van der Waals surface area contributed by atoms with Gasteiger partial charge in [-0.2, -0.15) is 0 Å². The Morgan fingerprint density at radius 3 is 2.46 bits per heavy atom. The molecule has 1 saturated heterocycles. The van der Waals surface area contributed by atoms with Gasteiger partial charge >= 0.3 is 5.97 Å². The zero-order chi connectivity index (χ0) is 20.3. The number of benzene rings is 1. The third-order valence-corrected chi connectivity index (χ3v) is 5.25. The van der Waals surface area contributed by atoms with E-state index >= 15 is 0 Å². The number of carbonyl (C=O) groups excluding carboxylic acids is 2. The highest BCUT2D eigenvalue weighted by molar-refractivity contribution is 5.82. The van der Waals surface area contributed by atoms with Crippen molar-refractivity contribution in [1.29, 1.82) is 0 Å². The van der Waals surface area contributed by atoms with Crippen molar-refractivity contribution in [1.82, 2.24) is 9.80 Å². The Balaban J connectivity index is 1.66. The topological polar surface area (TPSA) is 96.4 Å². The number of nitrogens with zero attached hydrogens (tertiary/aromatic N) is 2. The van der Waals surface area contributed by atoms with Crippen LogP contribution in [0.1, 0.15) is 33.1 Å². The van der Waals surface area contributed by atoms with Gasteiger partial charge < -0.3 is 24.4 Å². The molecule has 0 spiro atoms. The zero-order valence-electron chi connectivity index (χ0n) is 16.2. The lowest BCUT2D eigenvalue weighted by atomic mass is 10.1. The summed E-state index contributed by atoms with van der Waals surface area (Å²) in [4.78, 5) is 39.1. The molecule has 0 saturated carbocycles.